The van der Waals surface area contributed by atoms with Gasteiger partial charge in [-0.05, 0) is 63.0 Å². The summed E-state index contributed by atoms with van der Waals surface area (Å²) in [6.07, 6.45) is -2.96. The Bertz CT molecular complexity index is 641. The van der Waals surface area contributed by atoms with E-state index < -0.39 is 6.36 Å². The van der Waals surface area contributed by atoms with Gasteiger partial charge in [0.2, 0.25) is 11.8 Å². The largest absolute Gasteiger partial charge is 0.573 e. The zero-order chi connectivity index (χ0) is 20.0. The molecule has 1 aromatic rings. The van der Waals surface area contributed by atoms with Crippen molar-refractivity contribution in [1.82, 2.24) is 10.2 Å². The Morgan fingerprint density at radius 2 is 1.81 bits per heavy atom. The van der Waals surface area contributed by atoms with Crippen molar-refractivity contribution in [2.45, 2.75) is 39.1 Å². The molecule has 1 saturated heterocycles. The number of piperidine rings is 1. The first kappa shape index (κ1) is 21.0. The molecule has 1 aromatic carbocycles. The summed E-state index contributed by atoms with van der Waals surface area (Å²) < 4.78 is 40.3. The summed E-state index contributed by atoms with van der Waals surface area (Å²) in [5, 5.41) is 5.52. The topological polar surface area (TPSA) is 70.7 Å². The first-order valence-electron chi connectivity index (χ1n) is 8.79. The number of nitrogens with zero attached hydrogens (tertiary/aromatic N) is 1. The van der Waals surface area contributed by atoms with E-state index in [2.05, 4.69) is 20.3 Å². The Labute approximate surface area is 156 Å². The van der Waals surface area contributed by atoms with Gasteiger partial charge < -0.3 is 15.4 Å². The zero-order valence-corrected chi connectivity index (χ0v) is 15.3. The maximum absolute atomic E-state index is 12.4. The van der Waals surface area contributed by atoms with Crippen LogP contribution in [0.5, 0.6) is 5.75 Å². The third-order valence-corrected chi connectivity index (χ3v) is 4.57. The minimum Gasteiger partial charge on any atom is -0.406 e. The molecule has 150 valence electrons. The van der Waals surface area contributed by atoms with E-state index in [1.54, 1.807) is 6.92 Å². The fourth-order valence-corrected chi connectivity index (χ4v) is 2.98. The summed E-state index contributed by atoms with van der Waals surface area (Å²) >= 11 is 0. The highest BCUT2D eigenvalue weighted by Crippen LogP contribution is 2.24. The number of carbonyl (C=O) groups is 2. The van der Waals surface area contributed by atoms with Gasteiger partial charge in [-0.2, -0.15) is 0 Å². The molecular formula is C18H24F3N3O3. The van der Waals surface area contributed by atoms with Crippen molar-refractivity contribution < 1.29 is 27.5 Å². The molecule has 1 heterocycles. The third-order valence-electron chi connectivity index (χ3n) is 4.57. The molecule has 2 amide bonds. The van der Waals surface area contributed by atoms with Gasteiger partial charge in [-0.3, -0.25) is 14.5 Å². The Hall–Kier alpha value is -2.29. The molecule has 1 aliphatic rings. The number of rotatable bonds is 6. The SMILES string of the molecule is CC(=O)NCC1CCN(C(C)C(=O)Nc2ccc(OC(F)(F)F)cc2)CC1. The van der Waals surface area contributed by atoms with Gasteiger partial charge in [-0.25, -0.2) is 0 Å². The second kappa shape index (κ2) is 9.07. The lowest BCUT2D eigenvalue weighted by molar-refractivity contribution is -0.274. The molecule has 0 aromatic heterocycles. The van der Waals surface area contributed by atoms with Crippen molar-refractivity contribution >= 4 is 17.5 Å². The van der Waals surface area contributed by atoms with Crippen LogP contribution in [0.2, 0.25) is 0 Å². The van der Waals surface area contributed by atoms with E-state index in [0.717, 1.165) is 38.1 Å². The summed E-state index contributed by atoms with van der Waals surface area (Å²) in [7, 11) is 0. The molecule has 9 heteroatoms. The van der Waals surface area contributed by atoms with Crippen molar-refractivity contribution in [1.29, 1.82) is 0 Å². The van der Waals surface area contributed by atoms with Gasteiger partial charge in [0.1, 0.15) is 5.75 Å². The fraction of sp³-hybridized carbons (Fsp3) is 0.556. The number of nitrogens with one attached hydrogen (secondary N) is 2. The summed E-state index contributed by atoms with van der Waals surface area (Å²) in [5.41, 5.74) is 0.405. The minimum absolute atomic E-state index is 0.0446. The number of anilines is 1. The van der Waals surface area contributed by atoms with E-state index in [-0.39, 0.29) is 23.6 Å². The van der Waals surface area contributed by atoms with E-state index in [0.29, 0.717) is 18.2 Å². The lowest BCUT2D eigenvalue weighted by atomic mass is 9.95. The molecule has 27 heavy (non-hydrogen) atoms. The van der Waals surface area contributed by atoms with E-state index in [4.69, 9.17) is 0 Å². The van der Waals surface area contributed by atoms with Crippen molar-refractivity contribution in [3.8, 4) is 5.75 Å². The average Bonchev–Trinajstić information content (AvgIpc) is 2.60. The van der Waals surface area contributed by atoms with E-state index in [9.17, 15) is 22.8 Å². The number of amides is 2. The highest BCUT2D eigenvalue weighted by molar-refractivity contribution is 5.94. The van der Waals surface area contributed by atoms with Crippen LogP contribution < -0.4 is 15.4 Å². The van der Waals surface area contributed by atoms with Crippen LogP contribution in [0.4, 0.5) is 18.9 Å². The van der Waals surface area contributed by atoms with Crippen LogP contribution in [0.25, 0.3) is 0 Å². The van der Waals surface area contributed by atoms with Crippen LogP contribution in [0.1, 0.15) is 26.7 Å². The third kappa shape index (κ3) is 7.09. The molecule has 1 aliphatic heterocycles. The molecule has 1 atom stereocenters. The average molecular weight is 387 g/mol. The molecule has 0 bridgehead atoms. The molecule has 0 radical (unpaired) electrons. The van der Waals surface area contributed by atoms with Gasteiger partial charge in [0.25, 0.3) is 0 Å². The Morgan fingerprint density at radius 3 is 2.33 bits per heavy atom. The monoisotopic (exact) mass is 387 g/mol. The molecule has 6 nitrogen and oxygen atoms in total. The summed E-state index contributed by atoms with van der Waals surface area (Å²) in [4.78, 5) is 25.4. The van der Waals surface area contributed by atoms with Crippen molar-refractivity contribution in [2.75, 3.05) is 25.0 Å². The quantitative estimate of drug-likeness (QED) is 0.788. The first-order chi connectivity index (χ1) is 12.6. The fourth-order valence-electron chi connectivity index (χ4n) is 2.98. The normalized spacial score (nSPS) is 17.2. The van der Waals surface area contributed by atoms with Gasteiger partial charge in [0, 0.05) is 19.2 Å². The smallest absolute Gasteiger partial charge is 0.406 e. The summed E-state index contributed by atoms with van der Waals surface area (Å²) in [5.74, 6) is -0.201. The van der Waals surface area contributed by atoms with Gasteiger partial charge in [-0.15, -0.1) is 13.2 Å². The number of hydrogen-bond acceptors (Lipinski definition) is 4. The molecule has 0 saturated carbocycles. The lowest BCUT2D eigenvalue weighted by Gasteiger charge is -2.35. The number of benzene rings is 1. The van der Waals surface area contributed by atoms with Crippen LogP contribution >= 0.6 is 0 Å². The predicted octanol–water partition coefficient (Wildman–Crippen LogP) is 2.76. The number of alkyl halides is 3. The number of hydrogen-bond donors (Lipinski definition) is 2. The minimum atomic E-state index is -4.74. The van der Waals surface area contributed by atoms with Crippen LogP contribution in [0.15, 0.2) is 24.3 Å². The highest BCUT2D eigenvalue weighted by atomic mass is 19.4. The standard InChI is InChI=1S/C18H24F3N3O3/c1-12(24-9-7-14(8-10-24)11-22-13(2)25)17(26)23-15-3-5-16(6-4-15)27-18(19,20)21/h3-6,12,14H,7-11H2,1-2H3,(H,22,25)(H,23,26). The summed E-state index contributed by atoms with van der Waals surface area (Å²) in [6, 6.07) is 4.68. The second-order valence-electron chi connectivity index (χ2n) is 6.65. The van der Waals surface area contributed by atoms with Crippen molar-refractivity contribution in [3.63, 3.8) is 0 Å². The Morgan fingerprint density at radius 1 is 1.22 bits per heavy atom. The lowest BCUT2D eigenvalue weighted by Crippen LogP contribution is -2.47. The molecule has 0 aliphatic carbocycles. The maximum atomic E-state index is 12.4. The molecular weight excluding hydrogens is 363 g/mol. The predicted molar refractivity (Wildman–Crippen MR) is 94.2 cm³/mol. The van der Waals surface area contributed by atoms with Crippen LogP contribution in [-0.4, -0.2) is 48.8 Å². The number of ether oxygens (including phenoxy) is 1. The van der Waals surface area contributed by atoms with E-state index in [1.165, 1.54) is 19.1 Å². The molecule has 0 spiro atoms. The first-order valence-corrected chi connectivity index (χ1v) is 8.79. The molecule has 1 unspecified atom stereocenters. The maximum Gasteiger partial charge on any atom is 0.573 e. The summed E-state index contributed by atoms with van der Waals surface area (Å²) in [6.45, 7) is 5.43. The highest BCUT2D eigenvalue weighted by Gasteiger charge is 2.31. The van der Waals surface area contributed by atoms with Crippen LogP contribution in [0.3, 0.4) is 0 Å². The number of likely N-dealkylation sites (tertiary alicyclic amines) is 1. The van der Waals surface area contributed by atoms with Gasteiger partial charge in [0.05, 0.1) is 6.04 Å². The number of carbonyl (C=O) groups excluding carboxylic acids is 2. The van der Waals surface area contributed by atoms with Crippen molar-refractivity contribution in [3.05, 3.63) is 24.3 Å². The molecule has 2 N–H and O–H groups in total. The molecule has 2 rings (SSSR count). The van der Waals surface area contributed by atoms with Gasteiger partial charge in [-0.1, -0.05) is 0 Å². The van der Waals surface area contributed by atoms with Crippen LogP contribution in [-0.2, 0) is 9.59 Å². The second-order valence-corrected chi connectivity index (χ2v) is 6.65. The Kier molecular flexibility index (Phi) is 7.06. The van der Waals surface area contributed by atoms with Gasteiger partial charge >= 0.3 is 6.36 Å². The van der Waals surface area contributed by atoms with Crippen LogP contribution in [0, 0.1) is 5.92 Å². The molecule has 1 fully saturated rings. The van der Waals surface area contributed by atoms with Gasteiger partial charge in [0.15, 0.2) is 0 Å². The van der Waals surface area contributed by atoms with E-state index >= 15 is 0 Å². The number of halogens is 3. The van der Waals surface area contributed by atoms with E-state index in [1.807, 2.05) is 0 Å². The van der Waals surface area contributed by atoms with Crippen molar-refractivity contribution in [2.24, 2.45) is 5.92 Å². The zero-order valence-electron chi connectivity index (χ0n) is 15.3. The Balaban J connectivity index is 1.81.